The molecule has 0 amide bonds. The summed E-state index contributed by atoms with van der Waals surface area (Å²) in [7, 11) is 0. The number of aliphatic carboxylic acids is 1. The number of rotatable bonds is 25. The second-order valence-corrected chi connectivity index (χ2v) is 7.82. The lowest BCUT2D eigenvalue weighted by atomic mass is 10.1. The van der Waals surface area contributed by atoms with Gasteiger partial charge in [-0.3, -0.25) is 4.79 Å². The van der Waals surface area contributed by atoms with Crippen molar-refractivity contribution in [3.63, 3.8) is 0 Å². The van der Waals surface area contributed by atoms with Crippen LogP contribution in [0.3, 0.4) is 0 Å². The molecular weight excluding hydrogens is 368 g/mol. The largest absolute Gasteiger partial charge is 0.480 e. The van der Waals surface area contributed by atoms with Crippen LogP contribution in [0.1, 0.15) is 83.5 Å². The molecule has 7 heteroatoms. The first-order valence-corrected chi connectivity index (χ1v) is 11.9. The molecule has 0 aliphatic rings. The highest BCUT2D eigenvalue weighted by Gasteiger charge is 1.96. The summed E-state index contributed by atoms with van der Waals surface area (Å²) in [6, 6.07) is 0. The molecule has 0 atom stereocenters. The fourth-order valence-corrected chi connectivity index (χ4v) is 3.18. The molecule has 7 nitrogen and oxygen atoms in total. The quantitative estimate of drug-likeness (QED) is 0.100. The molecule has 0 aromatic carbocycles. The lowest BCUT2D eigenvalue weighted by Gasteiger charge is -2.07. The van der Waals surface area contributed by atoms with Crippen LogP contribution >= 0.6 is 0 Å². The van der Waals surface area contributed by atoms with E-state index >= 15 is 0 Å². The van der Waals surface area contributed by atoms with Gasteiger partial charge < -0.3 is 31.5 Å². The van der Waals surface area contributed by atoms with Gasteiger partial charge in [0.1, 0.15) is 0 Å². The van der Waals surface area contributed by atoms with Gasteiger partial charge in [-0.2, -0.15) is 0 Å². The third-order valence-electron chi connectivity index (χ3n) is 4.95. The van der Waals surface area contributed by atoms with Crippen molar-refractivity contribution in [3.05, 3.63) is 0 Å². The van der Waals surface area contributed by atoms with E-state index in [4.69, 9.17) is 10.2 Å². The molecule has 0 aromatic heterocycles. The summed E-state index contributed by atoms with van der Waals surface area (Å²) in [5, 5.41) is 30.5. The Hall–Kier alpha value is -0.730. The van der Waals surface area contributed by atoms with Gasteiger partial charge in [-0.25, -0.2) is 0 Å². The average molecular weight is 417 g/mol. The van der Waals surface area contributed by atoms with Gasteiger partial charge in [0.15, 0.2) is 0 Å². The predicted octanol–water partition coefficient (Wildman–Crippen LogP) is 2.45. The van der Waals surface area contributed by atoms with E-state index in [2.05, 4.69) is 21.3 Å². The van der Waals surface area contributed by atoms with Gasteiger partial charge in [0.05, 0.1) is 6.54 Å². The monoisotopic (exact) mass is 416 g/mol. The van der Waals surface area contributed by atoms with Crippen LogP contribution in [0.2, 0.25) is 0 Å². The van der Waals surface area contributed by atoms with Crippen LogP contribution in [-0.4, -0.2) is 68.7 Å². The zero-order valence-corrected chi connectivity index (χ0v) is 18.7. The van der Waals surface area contributed by atoms with Crippen LogP contribution in [0.5, 0.6) is 0 Å². The van der Waals surface area contributed by atoms with Crippen molar-refractivity contribution in [2.75, 3.05) is 52.5 Å². The third kappa shape index (κ3) is 27.3. The minimum absolute atomic E-state index is 0.0761. The zero-order chi connectivity index (χ0) is 21.3. The molecule has 0 heterocycles. The van der Waals surface area contributed by atoms with Crippen LogP contribution in [-0.2, 0) is 4.79 Å². The molecule has 0 saturated heterocycles. The molecule has 0 rings (SSSR count). The standard InChI is InChI=1S/C22H48N4O3/c27-19-13-6-5-10-17-25-21-26-18-12-7-11-15-23-14-8-3-1-2-4-9-16-24-20-22(28)29/h23-27H,1-21H2,(H,28,29). The smallest absolute Gasteiger partial charge is 0.317 e. The molecule has 0 fully saturated rings. The Morgan fingerprint density at radius 3 is 1.38 bits per heavy atom. The van der Waals surface area contributed by atoms with Crippen molar-refractivity contribution in [1.29, 1.82) is 0 Å². The van der Waals surface area contributed by atoms with E-state index in [0.29, 0.717) is 6.61 Å². The molecule has 29 heavy (non-hydrogen) atoms. The second-order valence-electron chi connectivity index (χ2n) is 7.82. The maximum Gasteiger partial charge on any atom is 0.317 e. The Balaban J connectivity index is 2.99. The molecule has 0 aliphatic carbocycles. The zero-order valence-electron chi connectivity index (χ0n) is 18.7. The maximum absolute atomic E-state index is 10.3. The number of hydrogen-bond acceptors (Lipinski definition) is 6. The summed E-state index contributed by atoms with van der Waals surface area (Å²) in [5.74, 6) is -0.778. The van der Waals surface area contributed by atoms with Crippen molar-refractivity contribution in [3.8, 4) is 0 Å². The number of carbonyl (C=O) groups is 1. The number of carboxylic acid groups (broad SMARTS) is 1. The van der Waals surface area contributed by atoms with Gasteiger partial charge in [0.2, 0.25) is 0 Å². The number of hydrogen-bond donors (Lipinski definition) is 6. The molecule has 0 unspecified atom stereocenters. The van der Waals surface area contributed by atoms with Crippen LogP contribution in [0.4, 0.5) is 0 Å². The van der Waals surface area contributed by atoms with Crippen molar-refractivity contribution >= 4 is 5.97 Å². The first-order valence-electron chi connectivity index (χ1n) is 11.9. The Morgan fingerprint density at radius 2 is 0.897 bits per heavy atom. The van der Waals surface area contributed by atoms with Crippen LogP contribution in [0.15, 0.2) is 0 Å². The molecule has 174 valence electrons. The van der Waals surface area contributed by atoms with E-state index < -0.39 is 5.97 Å². The van der Waals surface area contributed by atoms with E-state index in [9.17, 15) is 4.79 Å². The lowest BCUT2D eigenvalue weighted by Crippen LogP contribution is -2.30. The first-order chi connectivity index (χ1) is 14.3. The van der Waals surface area contributed by atoms with Gasteiger partial charge in [0.25, 0.3) is 0 Å². The molecule has 0 spiro atoms. The normalized spacial score (nSPS) is 11.2. The highest BCUT2D eigenvalue weighted by molar-refractivity contribution is 5.68. The number of carboxylic acids is 1. The van der Waals surface area contributed by atoms with E-state index in [1.165, 1.54) is 64.2 Å². The van der Waals surface area contributed by atoms with E-state index in [-0.39, 0.29) is 6.54 Å². The molecule has 6 N–H and O–H groups in total. The van der Waals surface area contributed by atoms with Crippen molar-refractivity contribution in [2.24, 2.45) is 0 Å². The third-order valence-corrected chi connectivity index (χ3v) is 4.95. The van der Waals surface area contributed by atoms with Gasteiger partial charge >= 0.3 is 5.97 Å². The summed E-state index contributed by atoms with van der Waals surface area (Å²) in [4.78, 5) is 10.3. The highest BCUT2D eigenvalue weighted by Crippen LogP contribution is 2.04. The highest BCUT2D eigenvalue weighted by atomic mass is 16.4. The minimum atomic E-state index is -0.778. The Morgan fingerprint density at radius 1 is 0.517 bits per heavy atom. The number of aliphatic hydroxyl groups excluding tert-OH is 1. The second kappa shape index (κ2) is 25.3. The lowest BCUT2D eigenvalue weighted by molar-refractivity contribution is -0.135. The minimum Gasteiger partial charge on any atom is -0.480 e. The molecule has 0 radical (unpaired) electrons. The topological polar surface area (TPSA) is 106 Å². The summed E-state index contributed by atoms with van der Waals surface area (Å²) >= 11 is 0. The molecule has 0 saturated carbocycles. The predicted molar refractivity (Wildman–Crippen MR) is 121 cm³/mol. The van der Waals surface area contributed by atoms with Gasteiger partial charge in [-0.15, -0.1) is 0 Å². The van der Waals surface area contributed by atoms with E-state index in [1.807, 2.05) is 0 Å². The fraction of sp³-hybridized carbons (Fsp3) is 0.955. The van der Waals surface area contributed by atoms with Crippen molar-refractivity contribution < 1.29 is 15.0 Å². The fourth-order valence-electron chi connectivity index (χ4n) is 3.18. The SMILES string of the molecule is O=C(O)CNCCCCCCCCNCCCCCNCNCCCCCCO. The van der Waals surface area contributed by atoms with Crippen molar-refractivity contribution in [2.45, 2.75) is 83.5 Å². The number of aliphatic hydroxyl groups is 1. The summed E-state index contributed by atoms with van der Waals surface area (Å²) in [6.07, 6.45) is 15.6. The molecule has 0 aliphatic heterocycles. The van der Waals surface area contributed by atoms with Gasteiger partial charge in [-0.05, 0) is 71.2 Å². The van der Waals surface area contributed by atoms with Crippen LogP contribution < -0.4 is 21.3 Å². The Kier molecular flexibility index (Phi) is 24.7. The Labute approximate surface area is 178 Å². The van der Waals surface area contributed by atoms with Crippen LogP contribution in [0.25, 0.3) is 0 Å². The van der Waals surface area contributed by atoms with E-state index in [1.54, 1.807) is 0 Å². The average Bonchev–Trinajstić information content (AvgIpc) is 2.71. The summed E-state index contributed by atoms with van der Waals surface area (Å²) in [6.45, 7) is 6.51. The van der Waals surface area contributed by atoms with Crippen molar-refractivity contribution in [1.82, 2.24) is 21.3 Å². The molecule has 0 bridgehead atoms. The van der Waals surface area contributed by atoms with Crippen LogP contribution in [0, 0.1) is 0 Å². The van der Waals surface area contributed by atoms with E-state index in [0.717, 1.165) is 58.7 Å². The first kappa shape index (κ1) is 28.3. The Bertz CT molecular complexity index is 333. The molecule has 0 aromatic rings. The molecular formula is C22H48N4O3. The van der Waals surface area contributed by atoms with Gasteiger partial charge in [-0.1, -0.05) is 44.9 Å². The van der Waals surface area contributed by atoms with Gasteiger partial charge in [0, 0.05) is 13.3 Å². The number of nitrogens with one attached hydrogen (secondary N) is 4. The summed E-state index contributed by atoms with van der Waals surface area (Å²) < 4.78 is 0. The number of unbranched alkanes of at least 4 members (excludes halogenated alkanes) is 10. The summed E-state index contributed by atoms with van der Waals surface area (Å²) in [5.41, 5.74) is 0. The maximum atomic E-state index is 10.3.